The van der Waals surface area contributed by atoms with Crippen molar-refractivity contribution in [3.05, 3.63) is 34.9 Å². The molecule has 1 atom stereocenters. The summed E-state index contributed by atoms with van der Waals surface area (Å²) in [6, 6.07) is 6.71. The molecule has 88 valence electrons. The summed E-state index contributed by atoms with van der Waals surface area (Å²) in [5, 5.41) is 0. The van der Waals surface area contributed by atoms with Crippen molar-refractivity contribution in [1.82, 2.24) is 0 Å². The summed E-state index contributed by atoms with van der Waals surface area (Å²) in [6.07, 6.45) is 3.00. The van der Waals surface area contributed by atoms with E-state index in [9.17, 15) is 0 Å². The Morgan fingerprint density at radius 3 is 3.00 bits per heavy atom. The van der Waals surface area contributed by atoms with Crippen molar-refractivity contribution in [2.45, 2.75) is 38.5 Å². The average molecular weight is 236 g/mol. The Labute approximate surface area is 103 Å². The van der Waals surface area contributed by atoms with E-state index in [1.54, 1.807) is 0 Å². The largest absolute Gasteiger partial charge is 0.377 e. The first kappa shape index (κ1) is 12.0. The highest BCUT2D eigenvalue weighted by Crippen LogP contribution is 2.22. The molecular weight excluding hydrogens is 216 g/mol. The molecule has 0 spiro atoms. The van der Waals surface area contributed by atoms with Gasteiger partial charge in [0, 0.05) is 18.1 Å². The predicted molar refractivity (Wildman–Crippen MR) is 71.1 cm³/mol. The number of ether oxygens (including phenoxy) is 1. The number of hydrogen-bond donors (Lipinski definition) is 0. The molecule has 1 fully saturated rings. The molecule has 1 nitrogen and oxygen atoms in total. The molecule has 0 N–H and O–H groups in total. The Morgan fingerprint density at radius 2 is 2.25 bits per heavy atom. The van der Waals surface area contributed by atoms with Gasteiger partial charge in [-0.05, 0) is 37.8 Å². The zero-order valence-electron chi connectivity index (χ0n) is 10.2. The highest BCUT2D eigenvalue weighted by Gasteiger charge is 2.15. The van der Waals surface area contributed by atoms with Gasteiger partial charge in [-0.2, -0.15) is 11.8 Å². The number of thioether (sulfide) groups is 1. The summed E-state index contributed by atoms with van der Waals surface area (Å²) in [6.45, 7) is 5.32. The highest BCUT2D eigenvalue weighted by molar-refractivity contribution is 7.98. The third-order valence-electron chi connectivity index (χ3n) is 3.09. The van der Waals surface area contributed by atoms with E-state index in [0.29, 0.717) is 6.10 Å². The fourth-order valence-corrected chi connectivity index (χ4v) is 3.21. The van der Waals surface area contributed by atoms with Crippen LogP contribution in [0.3, 0.4) is 0 Å². The molecule has 2 rings (SSSR count). The summed E-state index contributed by atoms with van der Waals surface area (Å²) in [5.74, 6) is 2.26. The minimum Gasteiger partial charge on any atom is -0.377 e. The van der Waals surface area contributed by atoms with E-state index in [1.807, 2.05) is 11.8 Å². The van der Waals surface area contributed by atoms with Gasteiger partial charge in [0.1, 0.15) is 0 Å². The van der Waals surface area contributed by atoms with Crippen LogP contribution in [-0.2, 0) is 10.5 Å². The van der Waals surface area contributed by atoms with E-state index in [2.05, 4.69) is 32.0 Å². The van der Waals surface area contributed by atoms with Crippen LogP contribution in [0.5, 0.6) is 0 Å². The van der Waals surface area contributed by atoms with Crippen LogP contribution < -0.4 is 0 Å². The smallest absolute Gasteiger partial charge is 0.0666 e. The molecule has 1 saturated heterocycles. The number of aryl methyl sites for hydroxylation is 2. The maximum atomic E-state index is 5.62. The van der Waals surface area contributed by atoms with Gasteiger partial charge in [-0.3, -0.25) is 0 Å². The predicted octanol–water partition coefficient (Wildman–Crippen LogP) is 3.72. The quantitative estimate of drug-likeness (QED) is 0.788. The van der Waals surface area contributed by atoms with Crippen LogP contribution in [0.4, 0.5) is 0 Å². The summed E-state index contributed by atoms with van der Waals surface area (Å²) in [4.78, 5) is 0. The fourth-order valence-electron chi connectivity index (χ4n) is 2.03. The lowest BCUT2D eigenvalue weighted by molar-refractivity contribution is 0.129. The lowest BCUT2D eigenvalue weighted by Crippen LogP contribution is -2.08. The van der Waals surface area contributed by atoms with E-state index in [1.165, 1.54) is 29.5 Å². The van der Waals surface area contributed by atoms with Crippen molar-refractivity contribution in [1.29, 1.82) is 0 Å². The Balaban J connectivity index is 1.82. The third kappa shape index (κ3) is 3.26. The van der Waals surface area contributed by atoms with E-state index < -0.39 is 0 Å². The van der Waals surface area contributed by atoms with Crippen molar-refractivity contribution >= 4 is 11.8 Å². The molecule has 1 aromatic rings. The topological polar surface area (TPSA) is 9.23 Å². The van der Waals surface area contributed by atoms with Crippen LogP contribution in [0.2, 0.25) is 0 Å². The van der Waals surface area contributed by atoms with Gasteiger partial charge < -0.3 is 4.74 Å². The molecule has 2 heteroatoms. The molecule has 0 saturated carbocycles. The summed E-state index contributed by atoms with van der Waals surface area (Å²) >= 11 is 2.00. The first-order valence-electron chi connectivity index (χ1n) is 6.01. The lowest BCUT2D eigenvalue weighted by atomic mass is 10.1. The molecular formula is C14H20OS. The first-order chi connectivity index (χ1) is 7.75. The van der Waals surface area contributed by atoms with Crippen LogP contribution in [-0.4, -0.2) is 18.5 Å². The van der Waals surface area contributed by atoms with E-state index in [4.69, 9.17) is 4.74 Å². The Hall–Kier alpha value is -0.470. The van der Waals surface area contributed by atoms with E-state index in [-0.39, 0.29) is 0 Å². The monoisotopic (exact) mass is 236 g/mol. The second-order valence-corrected chi connectivity index (χ2v) is 5.61. The van der Waals surface area contributed by atoms with Gasteiger partial charge in [0.25, 0.3) is 0 Å². The van der Waals surface area contributed by atoms with Crippen molar-refractivity contribution in [3.63, 3.8) is 0 Å². The molecule has 0 aliphatic carbocycles. The molecule has 1 aliphatic heterocycles. The molecule has 1 aromatic carbocycles. The summed E-state index contributed by atoms with van der Waals surface area (Å²) in [7, 11) is 0. The minimum absolute atomic E-state index is 0.509. The number of rotatable bonds is 4. The van der Waals surface area contributed by atoms with Crippen molar-refractivity contribution in [2.75, 3.05) is 12.4 Å². The number of benzene rings is 1. The lowest BCUT2D eigenvalue weighted by Gasteiger charge is -2.10. The van der Waals surface area contributed by atoms with Crippen LogP contribution in [0.25, 0.3) is 0 Å². The van der Waals surface area contributed by atoms with E-state index >= 15 is 0 Å². The van der Waals surface area contributed by atoms with Crippen LogP contribution in [0.15, 0.2) is 18.2 Å². The van der Waals surface area contributed by atoms with Gasteiger partial charge in [-0.25, -0.2) is 0 Å². The van der Waals surface area contributed by atoms with Gasteiger partial charge >= 0.3 is 0 Å². The van der Waals surface area contributed by atoms with Crippen LogP contribution in [0, 0.1) is 13.8 Å². The van der Waals surface area contributed by atoms with Crippen molar-refractivity contribution in [2.24, 2.45) is 0 Å². The SMILES string of the molecule is Cc1ccc(C)c(CSCC2CCCO2)c1. The van der Waals surface area contributed by atoms with Gasteiger partial charge in [0.05, 0.1) is 6.10 Å². The maximum Gasteiger partial charge on any atom is 0.0666 e. The molecule has 0 radical (unpaired) electrons. The molecule has 16 heavy (non-hydrogen) atoms. The zero-order chi connectivity index (χ0) is 11.4. The second-order valence-electron chi connectivity index (χ2n) is 4.58. The van der Waals surface area contributed by atoms with Gasteiger partial charge in [-0.15, -0.1) is 0 Å². The number of hydrogen-bond acceptors (Lipinski definition) is 2. The molecule has 1 aliphatic rings. The van der Waals surface area contributed by atoms with Crippen molar-refractivity contribution < 1.29 is 4.74 Å². The molecule has 1 heterocycles. The molecule has 1 unspecified atom stereocenters. The Morgan fingerprint density at radius 1 is 1.38 bits per heavy atom. The Bertz CT molecular complexity index is 343. The average Bonchev–Trinajstić information content (AvgIpc) is 2.76. The van der Waals surface area contributed by atoms with Crippen LogP contribution in [0.1, 0.15) is 29.5 Å². The van der Waals surface area contributed by atoms with Gasteiger partial charge in [-0.1, -0.05) is 23.8 Å². The fraction of sp³-hybridized carbons (Fsp3) is 0.571. The minimum atomic E-state index is 0.509. The molecule has 0 aromatic heterocycles. The summed E-state index contributed by atoms with van der Waals surface area (Å²) in [5.41, 5.74) is 4.24. The zero-order valence-corrected chi connectivity index (χ0v) is 11.0. The molecule has 0 amide bonds. The highest BCUT2D eigenvalue weighted by atomic mass is 32.2. The van der Waals surface area contributed by atoms with Gasteiger partial charge in [0.2, 0.25) is 0 Å². The second kappa shape index (κ2) is 5.74. The Kier molecular flexibility index (Phi) is 4.30. The van der Waals surface area contributed by atoms with Crippen molar-refractivity contribution in [3.8, 4) is 0 Å². The maximum absolute atomic E-state index is 5.62. The standard InChI is InChI=1S/C14H20OS/c1-11-5-6-12(2)13(8-11)9-16-10-14-4-3-7-15-14/h5-6,8,14H,3-4,7,9-10H2,1-2H3. The normalized spacial score (nSPS) is 20.2. The third-order valence-corrected chi connectivity index (χ3v) is 4.21. The van der Waals surface area contributed by atoms with Gasteiger partial charge in [0.15, 0.2) is 0 Å². The van der Waals surface area contributed by atoms with E-state index in [0.717, 1.165) is 18.1 Å². The summed E-state index contributed by atoms with van der Waals surface area (Å²) < 4.78 is 5.62. The van der Waals surface area contributed by atoms with Crippen LogP contribution >= 0.6 is 11.8 Å². The first-order valence-corrected chi connectivity index (χ1v) is 7.16. The molecule has 0 bridgehead atoms.